The van der Waals surface area contributed by atoms with Crippen molar-refractivity contribution in [1.82, 2.24) is 0 Å². The van der Waals surface area contributed by atoms with Crippen LogP contribution in [0, 0.1) is 11.3 Å². The van der Waals surface area contributed by atoms with Gasteiger partial charge in [-0.25, -0.2) is 0 Å². The van der Waals surface area contributed by atoms with Crippen molar-refractivity contribution in [1.29, 1.82) is 0 Å². The monoisotopic (exact) mass is 261 g/mol. The van der Waals surface area contributed by atoms with Crippen LogP contribution in [0.15, 0.2) is 24.3 Å². The minimum Gasteiger partial charge on any atom is -0.374 e. The molecule has 2 N–H and O–H groups in total. The second-order valence-electron chi connectivity index (χ2n) is 6.82. The molecule has 2 unspecified atom stereocenters. The van der Waals surface area contributed by atoms with E-state index in [1.807, 2.05) is 6.07 Å². The van der Waals surface area contributed by atoms with Crippen LogP contribution in [0.4, 0.5) is 0 Å². The van der Waals surface area contributed by atoms with Crippen molar-refractivity contribution in [3.8, 4) is 0 Å². The first kappa shape index (κ1) is 14.5. The molecular formula is C17H27NO. The molecule has 1 fully saturated rings. The molecular weight excluding hydrogens is 234 g/mol. The van der Waals surface area contributed by atoms with E-state index in [0.29, 0.717) is 24.7 Å². The first-order chi connectivity index (χ1) is 9.00. The Morgan fingerprint density at radius 3 is 2.53 bits per heavy atom. The van der Waals surface area contributed by atoms with E-state index in [9.17, 15) is 0 Å². The van der Waals surface area contributed by atoms with Gasteiger partial charge in [0.25, 0.3) is 0 Å². The molecule has 0 aliphatic heterocycles. The summed E-state index contributed by atoms with van der Waals surface area (Å²) in [5.74, 6) is 0.763. The van der Waals surface area contributed by atoms with Gasteiger partial charge in [0.05, 0.1) is 12.7 Å². The van der Waals surface area contributed by atoms with Gasteiger partial charge in [0.2, 0.25) is 0 Å². The first-order valence-corrected chi connectivity index (χ1v) is 7.38. The molecule has 106 valence electrons. The fourth-order valence-electron chi connectivity index (χ4n) is 3.49. The van der Waals surface area contributed by atoms with Crippen molar-refractivity contribution in [2.24, 2.45) is 17.1 Å². The molecule has 1 aromatic carbocycles. The van der Waals surface area contributed by atoms with Gasteiger partial charge in [-0.1, -0.05) is 45.0 Å². The zero-order valence-corrected chi connectivity index (χ0v) is 12.5. The van der Waals surface area contributed by atoms with Crippen LogP contribution in [0.25, 0.3) is 0 Å². The molecule has 1 aromatic rings. The summed E-state index contributed by atoms with van der Waals surface area (Å²) >= 11 is 0. The van der Waals surface area contributed by atoms with Crippen LogP contribution in [0.3, 0.4) is 0 Å². The fourth-order valence-corrected chi connectivity index (χ4v) is 3.49. The predicted octanol–water partition coefficient (Wildman–Crippen LogP) is 3.88. The Hall–Kier alpha value is -0.860. The van der Waals surface area contributed by atoms with Crippen LogP contribution < -0.4 is 5.73 Å². The van der Waals surface area contributed by atoms with Crippen molar-refractivity contribution in [3.63, 3.8) is 0 Å². The van der Waals surface area contributed by atoms with Gasteiger partial charge < -0.3 is 10.5 Å². The highest BCUT2D eigenvalue weighted by Gasteiger charge is 2.32. The maximum Gasteiger partial charge on any atom is 0.0723 e. The van der Waals surface area contributed by atoms with Gasteiger partial charge in [-0.3, -0.25) is 0 Å². The third-order valence-electron chi connectivity index (χ3n) is 4.16. The van der Waals surface area contributed by atoms with Crippen molar-refractivity contribution in [2.45, 2.75) is 59.3 Å². The zero-order valence-electron chi connectivity index (χ0n) is 12.5. The molecule has 2 atom stereocenters. The fraction of sp³-hybridized carbons (Fsp3) is 0.647. The molecule has 0 bridgehead atoms. The number of benzene rings is 1. The standard InChI is InChI=1S/C17H27NO/c1-13-8-16(10-17(2,3)9-13)19-12-15-7-5-4-6-14(15)11-18/h4-7,13,16H,8-12,18H2,1-3H3. The lowest BCUT2D eigenvalue weighted by Gasteiger charge is -2.38. The highest BCUT2D eigenvalue weighted by Crippen LogP contribution is 2.39. The lowest BCUT2D eigenvalue weighted by molar-refractivity contribution is -0.0318. The van der Waals surface area contributed by atoms with Crippen LogP contribution in [0.2, 0.25) is 0 Å². The van der Waals surface area contributed by atoms with Crippen molar-refractivity contribution in [3.05, 3.63) is 35.4 Å². The molecule has 0 saturated heterocycles. The molecule has 0 heterocycles. The Kier molecular flexibility index (Phi) is 4.64. The molecule has 2 nitrogen and oxygen atoms in total. The maximum absolute atomic E-state index is 6.16. The van der Waals surface area contributed by atoms with Gasteiger partial charge in [0, 0.05) is 6.54 Å². The van der Waals surface area contributed by atoms with E-state index in [-0.39, 0.29) is 0 Å². The molecule has 1 aliphatic rings. The third-order valence-corrected chi connectivity index (χ3v) is 4.16. The number of rotatable bonds is 4. The number of hydrogen-bond donors (Lipinski definition) is 1. The average molecular weight is 261 g/mol. The van der Waals surface area contributed by atoms with E-state index in [0.717, 1.165) is 5.92 Å². The molecule has 2 rings (SSSR count). The van der Waals surface area contributed by atoms with Gasteiger partial charge in [0.1, 0.15) is 0 Å². The summed E-state index contributed by atoms with van der Waals surface area (Å²) < 4.78 is 6.16. The van der Waals surface area contributed by atoms with Crippen molar-refractivity contribution in [2.75, 3.05) is 0 Å². The number of hydrogen-bond acceptors (Lipinski definition) is 2. The lowest BCUT2D eigenvalue weighted by atomic mass is 9.71. The normalized spacial score (nSPS) is 26.3. The molecule has 0 amide bonds. The van der Waals surface area contributed by atoms with E-state index in [1.54, 1.807) is 0 Å². The summed E-state index contributed by atoms with van der Waals surface area (Å²) in [4.78, 5) is 0. The van der Waals surface area contributed by atoms with Crippen LogP contribution in [0.5, 0.6) is 0 Å². The summed E-state index contributed by atoms with van der Waals surface area (Å²) in [7, 11) is 0. The minimum absolute atomic E-state index is 0.393. The zero-order chi connectivity index (χ0) is 13.9. The molecule has 2 heteroatoms. The summed E-state index contributed by atoms with van der Waals surface area (Å²) in [5, 5.41) is 0. The molecule has 0 spiro atoms. The Balaban J connectivity index is 1.95. The van der Waals surface area contributed by atoms with E-state index < -0.39 is 0 Å². The van der Waals surface area contributed by atoms with Crippen LogP contribution in [-0.2, 0) is 17.9 Å². The molecule has 0 radical (unpaired) electrons. The second kappa shape index (κ2) is 6.06. The molecule has 0 aromatic heterocycles. The lowest BCUT2D eigenvalue weighted by Crippen LogP contribution is -2.32. The van der Waals surface area contributed by atoms with E-state index in [1.165, 1.54) is 30.4 Å². The van der Waals surface area contributed by atoms with E-state index in [4.69, 9.17) is 10.5 Å². The van der Waals surface area contributed by atoms with Crippen LogP contribution >= 0.6 is 0 Å². The Bertz CT molecular complexity index is 413. The van der Waals surface area contributed by atoms with Crippen molar-refractivity contribution >= 4 is 0 Å². The average Bonchev–Trinajstić information content (AvgIpc) is 2.34. The summed E-state index contributed by atoms with van der Waals surface area (Å²) in [6.45, 7) is 8.33. The Morgan fingerprint density at radius 1 is 1.21 bits per heavy atom. The Labute approximate surface area is 117 Å². The predicted molar refractivity (Wildman–Crippen MR) is 79.7 cm³/mol. The number of nitrogens with two attached hydrogens (primary N) is 1. The van der Waals surface area contributed by atoms with Crippen LogP contribution in [-0.4, -0.2) is 6.10 Å². The summed E-state index contributed by atoms with van der Waals surface area (Å²) in [6.07, 6.45) is 4.06. The van der Waals surface area contributed by atoms with Crippen molar-refractivity contribution < 1.29 is 4.74 Å². The number of ether oxygens (including phenoxy) is 1. The molecule has 19 heavy (non-hydrogen) atoms. The molecule has 1 aliphatic carbocycles. The summed E-state index contributed by atoms with van der Waals surface area (Å²) in [5.41, 5.74) is 8.62. The van der Waals surface area contributed by atoms with Gasteiger partial charge >= 0.3 is 0 Å². The van der Waals surface area contributed by atoms with Crippen LogP contribution in [0.1, 0.15) is 51.2 Å². The smallest absolute Gasteiger partial charge is 0.0723 e. The van der Waals surface area contributed by atoms with Gasteiger partial charge in [-0.15, -0.1) is 0 Å². The van der Waals surface area contributed by atoms with Gasteiger partial charge in [0.15, 0.2) is 0 Å². The summed E-state index contributed by atoms with van der Waals surface area (Å²) in [6, 6.07) is 8.31. The van der Waals surface area contributed by atoms with E-state index in [2.05, 4.69) is 39.0 Å². The largest absolute Gasteiger partial charge is 0.374 e. The highest BCUT2D eigenvalue weighted by molar-refractivity contribution is 5.26. The van der Waals surface area contributed by atoms with E-state index >= 15 is 0 Å². The minimum atomic E-state index is 0.393. The van der Waals surface area contributed by atoms with Gasteiger partial charge in [-0.2, -0.15) is 0 Å². The molecule has 1 saturated carbocycles. The third kappa shape index (κ3) is 4.05. The topological polar surface area (TPSA) is 35.2 Å². The SMILES string of the molecule is CC1CC(OCc2ccccc2CN)CC(C)(C)C1. The first-order valence-electron chi connectivity index (χ1n) is 7.38. The quantitative estimate of drug-likeness (QED) is 0.892. The van der Waals surface area contributed by atoms with Gasteiger partial charge in [-0.05, 0) is 41.7 Å². The highest BCUT2D eigenvalue weighted by atomic mass is 16.5. The second-order valence-corrected chi connectivity index (χ2v) is 6.82. The Morgan fingerprint density at radius 2 is 1.89 bits per heavy atom. The maximum atomic E-state index is 6.16.